The molecule has 3 aromatic carbocycles. The Morgan fingerprint density at radius 2 is 0.895 bits per heavy atom. The van der Waals surface area contributed by atoms with Gasteiger partial charge in [0.15, 0.2) is 18.9 Å². The molecule has 0 aromatic heterocycles. The molecule has 200 valence electrons. The molecule has 3 fully saturated rings. The highest BCUT2D eigenvalue weighted by atomic mass is 16.7. The smallest absolute Gasteiger partial charge is 0.199 e. The largest absolute Gasteiger partial charge is 0.465 e. The maximum Gasteiger partial charge on any atom is 0.199 e. The molecule has 0 spiro atoms. The summed E-state index contributed by atoms with van der Waals surface area (Å²) < 4.78 is 34.9. The lowest BCUT2D eigenvalue weighted by atomic mass is 9.86. The molecule has 0 radical (unpaired) electrons. The highest BCUT2D eigenvalue weighted by Gasteiger charge is 2.21. The van der Waals surface area contributed by atoms with Crippen molar-refractivity contribution in [2.45, 2.75) is 69.7 Å². The lowest BCUT2D eigenvalue weighted by Gasteiger charge is -2.21. The maximum absolute atomic E-state index is 6.01. The second-order valence-electron chi connectivity index (χ2n) is 10.2. The van der Waals surface area contributed by atoms with E-state index in [0.717, 1.165) is 82.0 Å². The van der Waals surface area contributed by atoms with Gasteiger partial charge in [0.1, 0.15) is 17.2 Å². The molecule has 3 heterocycles. The molecule has 3 aliphatic rings. The van der Waals surface area contributed by atoms with Crippen molar-refractivity contribution in [2.24, 2.45) is 0 Å². The van der Waals surface area contributed by atoms with Gasteiger partial charge in [0.25, 0.3) is 0 Å². The summed E-state index contributed by atoms with van der Waals surface area (Å²) in [5, 5.41) is 0. The minimum atomic E-state index is -0.136. The molecular formula is C32H36O6. The fourth-order valence-electron chi connectivity index (χ4n) is 5.30. The predicted molar refractivity (Wildman–Crippen MR) is 144 cm³/mol. The molecule has 6 heteroatoms. The van der Waals surface area contributed by atoms with Crippen LogP contribution < -0.4 is 14.2 Å². The van der Waals surface area contributed by atoms with Gasteiger partial charge in [0.05, 0.1) is 19.8 Å². The van der Waals surface area contributed by atoms with Crippen LogP contribution in [0, 0.1) is 0 Å². The molecule has 3 atom stereocenters. The Bertz CT molecular complexity index is 1060. The third-order valence-electron chi connectivity index (χ3n) is 7.39. The van der Waals surface area contributed by atoms with Crippen LogP contribution in [0.5, 0.6) is 17.2 Å². The van der Waals surface area contributed by atoms with Gasteiger partial charge in [-0.15, -0.1) is 0 Å². The first kappa shape index (κ1) is 25.2. The van der Waals surface area contributed by atoms with Crippen molar-refractivity contribution in [1.82, 2.24) is 0 Å². The van der Waals surface area contributed by atoms with Crippen molar-refractivity contribution in [3.8, 4) is 17.2 Å². The van der Waals surface area contributed by atoms with Crippen LogP contribution in [0.2, 0.25) is 0 Å². The molecule has 0 bridgehead atoms. The minimum absolute atomic E-state index is 0.126. The Kier molecular flexibility index (Phi) is 8.10. The van der Waals surface area contributed by atoms with Crippen molar-refractivity contribution in [3.05, 3.63) is 89.5 Å². The van der Waals surface area contributed by atoms with Gasteiger partial charge in [-0.2, -0.15) is 0 Å². The molecule has 38 heavy (non-hydrogen) atoms. The second kappa shape index (κ2) is 12.2. The Hall–Kier alpha value is -3.06. The Labute approximate surface area is 224 Å². The molecule has 0 saturated carbocycles. The van der Waals surface area contributed by atoms with Gasteiger partial charge in [0, 0.05) is 25.2 Å². The summed E-state index contributed by atoms with van der Waals surface area (Å²) in [5.41, 5.74) is 3.71. The Balaban J connectivity index is 1.19. The van der Waals surface area contributed by atoms with Crippen LogP contribution in [-0.4, -0.2) is 38.7 Å². The number of rotatable bonds is 10. The van der Waals surface area contributed by atoms with Crippen molar-refractivity contribution in [1.29, 1.82) is 0 Å². The highest BCUT2D eigenvalue weighted by molar-refractivity contribution is 5.40. The highest BCUT2D eigenvalue weighted by Crippen LogP contribution is 2.33. The summed E-state index contributed by atoms with van der Waals surface area (Å²) >= 11 is 0. The van der Waals surface area contributed by atoms with Crippen LogP contribution in [0.25, 0.3) is 0 Å². The molecule has 3 aliphatic heterocycles. The summed E-state index contributed by atoms with van der Waals surface area (Å²) in [7, 11) is 0. The van der Waals surface area contributed by atoms with E-state index in [4.69, 9.17) is 28.4 Å². The fourth-order valence-corrected chi connectivity index (χ4v) is 5.30. The minimum Gasteiger partial charge on any atom is -0.465 e. The molecule has 3 saturated heterocycles. The van der Waals surface area contributed by atoms with E-state index in [0.29, 0.717) is 0 Å². The molecule has 0 amide bonds. The molecule has 0 N–H and O–H groups in total. The van der Waals surface area contributed by atoms with Gasteiger partial charge in [-0.3, -0.25) is 0 Å². The zero-order valence-corrected chi connectivity index (χ0v) is 21.8. The third-order valence-corrected chi connectivity index (χ3v) is 7.39. The van der Waals surface area contributed by atoms with Crippen molar-refractivity contribution < 1.29 is 28.4 Å². The number of benzene rings is 3. The van der Waals surface area contributed by atoms with E-state index in [1.165, 1.54) is 16.7 Å². The van der Waals surface area contributed by atoms with Gasteiger partial charge in [0.2, 0.25) is 0 Å². The lowest BCUT2D eigenvalue weighted by molar-refractivity contribution is -0.0393. The van der Waals surface area contributed by atoms with E-state index in [1.54, 1.807) is 0 Å². The third kappa shape index (κ3) is 6.49. The Morgan fingerprint density at radius 3 is 1.24 bits per heavy atom. The van der Waals surface area contributed by atoms with Crippen LogP contribution >= 0.6 is 0 Å². The van der Waals surface area contributed by atoms with E-state index in [2.05, 4.69) is 60.7 Å². The van der Waals surface area contributed by atoms with Gasteiger partial charge < -0.3 is 28.4 Å². The van der Waals surface area contributed by atoms with Gasteiger partial charge in [-0.05, 0) is 78.8 Å². The molecule has 6 nitrogen and oxygen atoms in total. The topological polar surface area (TPSA) is 55.4 Å². The average Bonchev–Trinajstić information content (AvgIpc) is 3.75. The van der Waals surface area contributed by atoms with Crippen LogP contribution in [0.4, 0.5) is 0 Å². The van der Waals surface area contributed by atoms with Crippen LogP contribution in [0.3, 0.4) is 0 Å². The Morgan fingerprint density at radius 1 is 0.526 bits per heavy atom. The first-order valence-corrected chi connectivity index (χ1v) is 13.9. The van der Waals surface area contributed by atoms with E-state index in [1.807, 2.05) is 12.1 Å². The molecule has 3 unspecified atom stereocenters. The molecule has 3 aromatic rings. The normalized spacial score (nSPS) is 23.8. The zero-order chi connectivity index (χ0) is 25.6. The van der Waals surface area contributed by atoms with Crippen LogP contribution in [0.1, 0.15) is 61.1 Å². The van der Waals surface area contributed by atoms with E-state index >= 15 is 0 Å². The van der Waals surface area contributed by atoms with Gasteiger partial charge >= 0.3 is 0 Å². The standard InChI is InChI=1S/C32H36O6/c1-4-30(33-19-1)36-26-13-7-23(8-14-26)22-29(24-9-15-27(16-10-24)37-31-5-2-20-34-31)25-11-17-28(18-12-25)38-32-6-3-21-35-32/h7-18,29-32H,1-6,19-22H2. The first-order chi connectivity index (χ1) is 18.8. The second-order valence-corrected chi connectivity index (χ2v) is 10.2. The fraction of sp³-hybridized carbons (Fsp3) is 0.438. The summed E-state index contributed by atoms with van der Waals surface area (Å²) in [6.07, 6.45) is 6.45. The number of hydrogen-bond acceptors (Lipinski definition) is 6. The molecular weight excluding hydrogens is 480 g/mol. The zero-order valence-electron chi connectivity index (χ0n) is 21.8. The van der Waals surface area contributed by atoms with E-state index in [9.17, 15) is 0 Å². The van der Waals surface area contributed by atoms with E-state index < -0.39 is 0 Å². The quantitative estimate of drug-likeness (QED) is 0.302. The SMILES string of the molecule is c1cc(OC2CCCO2)ccc1CC(c1ccc(OC2CCCO2)cc1)c1ccc(OC2CCCO2)cc1. The van der Waals surface area contributed by atoms with Crippen molar-refractivity contribution in [2.75, 3.05) is 19.8 Å². The monoisotopic (exact) mass is 516 g/mol. The molecule has 0 aliphatic carbocycles. The van der Waals surface area contributed by atoms with Crippen molar-refractivity contribution in [3.63, 3.8) is 0 Å². The summed E-state index contributed by atoms with van der Waals surface area (Å²) in [5.74, 6) is 2.71. The number of hydrogen-bond donors (Lipinski definition) is 0. The predicted octanol–water partition coefficient (Wildman–Crippen LogP) is 6.61. The number of ether oxygens (including phenoxy) is 6. The lowest BCUT2D eigenvalue weighted by Crippen LogP contribution is -2.14. The average molecular weight is 517 g/mol. The van der Waals surface area contributed by atoms with E-state index in [-0.39, 0.29) is 24.8 Å². The van der Waals surface area contributed by atoms with Crippen LogP contribution in [-0.2, 0) is 20.6 Å². The first-order valence-electron chi connectivity index (χ1n) is 13.9. The maximum atomic E-state index is 6.01. The summed E-state index contributed by atoms with van der Waals surface area (Å²) in [6, 6.07) is 25.3. The molecule has 6 rings (SSSR count). The van der Waals surface area contributed by atoms with Gasteiger partial charge in [-0.1, -0.05) is 36.4 Å². The van der Waals surface area contributed by atoms with Gasteiger partial charge in [-0.25, -0.2) is 0 Å². The van der Waals surface area contributed by atoms with Crippen molar-refractivity contribution >= 4 is 0 Å². The summed E-state index contributed by atoms with van der Waals surface area (Å²) in [4.78, 5) is 0. The van der Waals surface area contributed by atoms with Crippen LogP contribution in [0.15, 0.2) is 72.8 Å². The summed E-state index contributed by atoms with van der Waals surface area (Å²) in [6.45, 7) is 2.32.